The number of benzene rings is 3. The number of aromatic nitrogens is 2. The number of nitrogens with two attached hydrogens (primary N) is 1. The van der Waals surface area contributed by atoms with Crippen LogP contribution in [0.25, 0.3) is 16.6 Å². The number of para-hydroxylation sites is 1. The Morgan fingerprint density at radius 1 is 1.03 bits per heavy atom. The van der Waals surface area contributed by atoms with E-state index in [0.717, 1.165) is 22.9 Å². The highest BCUT2D eigenvalue weighted by Crippen LogP contribution is 2.23. The van der Waals surface area contributed by atoms with E-state index in [-0.39, 0.29) is 22.1 Å². The maximum atomic E-state index is 13.3. The molecule has 3 aromatic carbocycles. The van der Waals surface area contributed by atoms with Crippen LogP contribution >= 0.6 is 11.8 Å². The fourth-order valence-corrected chi connectivity index (χ4v) is 4.68. The fraction of sp³-hybridized carbons (Fsp3) is 0.125. The largest absolute Gasteiger partial charge is 0.325 e. The molecule has 0 saturated carbocycles. The number of nitrogens with one attached hydrogen (secondary N) is 1. The number of primary sulfonamides is 1. The van der Waals surface area contributed by atoms with Crippen LogP contribution in [0.1, 0.15) is 11.1 Å². The number of thioether (sulfide) groups is 1. The van der Waals surface area contributed by atoms with E-state index in [1.54, 1.807) is 18.2 Å². The average Bonchev–Trinajstić information content (AvgIpc) is 2.79. The predicted octanol–water partition coefficient (Wildman–Crippen LogP) is 3.38. The number of carbonyl (C=O) groups is 1. The highest BCUT2D eigenvalue weighted by atomic mass is 32.2. The summed E-state index contributed by atoms with van der Waals surface area (Å²) in [5, 5.41) is 8.69. The van der Waals surface area contributed by atoms with Crippen molar-refractivity contribution in [2.75, 3.05) is 11.1 Å². The number of fused-ring (bicyclic) bond motifs is 1. The van der Waals surface area contributed by atoms with Crippen LogP contribution in [0.3, 0.4) is 0 Å². The first-order chi connectivity index (χ1) is 16.1. The van der Waals surface area contributed by atoms with Gasteiger partial charge in [0.15, 0.2) is 5.16 Å². The maximum absolute atomic E-state index is 13.3. The molecule has 0 aliphatic heterocycles. The summed E-state index contributed by atoms with van der Waals surface area (Å²) in [6, 6.07) is 18.4. The lowest BCUT2D eigenvalue weighted by atomic mass is 10.1. The third-order valence-electron chi connectivity index (χ3n) is 5.29. The van der Waals surface area contributed by atoms with E-state index in [0.29, 0.717) is 27.4 Å². The molecule has 8 nitrogen and oxygen atoms in total. The van der Waals surface area contributed by atoms with Gasteiger partial charge >= 0.3 is 0 Å². The minimum Gasteiger partial charge on any atom is -0.325 e. The topological polar surface area (TPSA) is 124 Å². The van der Waals surface area contributed by atoms with E-state index >= 15 is 0 Å². The normalized spacial score (nSPS) is 11.5. The summed E-state index contributed by atoms with van der Waals surface area (Å²) < 4.78 is 24.3. The molecule has 34 heavy (non-hydrogen) atoms. The lowest BCUT2D eigenvalue weighted by Gasteiger charge is -2.14. The number of aryl methyl sites for hydroxylation is 2. The Morgan fingerprint density at radius 3 is 2.41 bits per heavy atom. The molecule has 0 unspecified atom stereocenters. The Balaban J connectivity index is 1.62. The molecule has 0 saturated heterocycles. The first-order valence-corrected chi connectivity index (χ1v) is 12.8. The smallest absolute Gasteiger partial charge is 0.266 e. The first kappa shape index (κ1) is 23.7. The molecule has 0 aliphatic carbocycles. The zero-order chi connectivity index (χ0) is 24.5. The van der Waals surface area contributed by atoms with Crippen molar-refractivity contribution in [2.24, 2.45) is 5.14 Å². The number of anilines is 1. The van der Waals surface area contributed by atoms with Crippen LogP contribution in [-0.4, -0.2) is 29.6 Å². The number of hydrogen-bond donors (Lipinski definition) is 2. The van der Waals surface area contributed by atoms with Crippen LogP contribution in [-0.2, 0) is 14.8 Å². The Bertz CT molecular complexity index is 1560. The Hall–Kier alpha value is -3.47. The van der Waals surface area contributed by atoms with E-state index < -0.39 is 10.0 Å². The van der Waals surface area contributed by atoms with Crippen molar-refractivity contribution in [3.8, 4) is 5.69 Å². The fourth-order valence-electron chi connectivity index (χ4n) is 3.36. The monoisotopic (exact) mass is 494 g/mol. The van der Waals surface area contributed by atoms with Gasteiger partial charge < -0.3 is 5.32 Å². The van der Waals surface area contributed by atoms with Crippen LogP contribution in [0.5, 0.6) is 0 Å². The van der Waals surface area contributed by atoms with Gasteiger partial charge in [-0.05, 0) is 73.5 Å². The molecule has 0 radical (unpaired) electrons. The van der Waals surface area contributed by atoms with E-state index in [9.17, 15) is 18.0 Å². The minimum absolute atomic E-state index is 0.00738. The number of nitrogens with zero attached hydrogens (tertiary/aromatic N) is 2. The second-order valence-corrected chi connectivity index (χ2v) is 10.2. The third kappa shape index (κ3) is 5.04. The number of carbonyl (C=O) groups excluding carboxylic acids is 1. The van der Waals surface area contributed by atoms with Crippen molar-refractivity contribution in [2.45, 2.75) is 23.9 Å². The molecule has 4 rings (SSSR count). The first-order valence-electron chi connectivity index (χ1n) is 10.3. The van der Waals surface area contributed by atoms with Crippen molar-refractivity contribution >= 4 is 44.3 Å². The third-order valence-corrected chi connectivity index (χ3v) is 7.16. The maximum Gasteiger partial charge on any atom is 0.266 e. The molecule has 0 atom stereocenters. The van der Waals surface area contributed by atoms with Crippen LogP contribution in [0, 0.1) is 13.8 Å². The minimum atomic E-state index is -3.81. The molecule has 4 aromatic rings. The number of rotatable bonds is 6. The lowest BCUT2D eigenvalue weighted by Crippen LogP contribution is -2.23. The standard InChI is InChI=1S/C24H22N4O4S2/c1-15-7-10-18(13-16(15)2)28-23(30)20-5-3-4-6-21(20)27-24(28)33-14-22(29)26-17-8-11-19(12-9-17)34(25,31)32/h3-13H,14H2,1-2H3,(H,26,29)(H2,25,31,32). The van der Waals surface area contributed by atoms with E-state index in [1.807, 2.05) is 38.1 Å². The van der Waals surface area contributed by atoms with Crippen molar-refractivity contribution in [1.82, 2.24) is 9.55 Å². The molecular weight excluding hydrogens is 472 g/mol. The summed E-state index contributed by atoms with van der Waals surface area (Å²) in [5.74, 6) is -0.338. The van der Waals surface area contributed by atoms with Gasteiger partial charge in [0.05, 0.1) is 27.2 Å². The van der Waals surface area contributed by atoms with Gasteiger partial charge in [-0.25, -0.2) is 18.5 Å². The molecule has 0 fully saturated rings. The van der Waals surface area contributed by atoms with Gasteiger partial charge in [0.1, 0.15) is 0 Å². The highest BCUT2D eigenvalue weighted by Gasteiger charge is 2.16. The van der Waals surface area contributed by atoms with Crippen molar-refractivity contribution < 1.29 is 13.2 Å². The van der Waals surface area contributed by atoms with Gasteiger partial charge in [-0.3, -0.25) is 14.2 Å². The van der Waals surface area contributed by atoms with Crippen LogP contribution in [0.2, 0.25) is 0 Å². The summed E-state index contributed by atoms with van der Waals surface area (Å²) in [5.41, 5.74) is 3.58. The lowest BCUT2D eigenvalue weighted by molar-refractivity contribution is -0.113. The summed E-state index contributed by atoms with van der Waals surface area (Å²) in [6.07, 6.45) is 0. The molecule has 174 valence electrons. The SMILES string of the molecule is Cc1ccc(-n2c(SCC(=O)Nc3ccc(S(N)(=O)=O)cc3)nc3ccccc3c2=O)cc1C. The zero-order valence-electron chi connectivity index (χ0n) is 18.5. The van der Waals surface area contributed by atoms with Gasteiger partial charge in [-0.2, -0.15) is 0 Å². The molecule has 0 bridgehead atoms. The predicted molar refractivity (Wildman–Crippen MR) is 134 cm³/mol. The van der Waals surface area contributed by atoms with Crippen LogP contribution < -0.4 is 16.0 Å². The van der Waals surface area contributed by atoms with E-state index in [2.05, 4.69) is 10.3 Å². The Kier molecular flexibility index (Phi) is 6.56. The molecule has 1 aromatic heterocycles. The quantitative estimate of drug-likeness (QED) is 0.313. The number of amides is 1. The average molecular weight is 495 g/mol. The summed E-state index contributed by atoms with van der Waals surface area (Å²) in [6.45, 7) is 3.97. The number of hydrogen-bond acceptors (Lipinski definition) is 6. The highest BCUT2D eigenvalue weighted by molar-refractivity contribution is 7.99. The number of sulfonamides is 1. The van der Waals surface area contributed by atoms with Gasteiger partial charge in [0, 0.05) is 5.69 Å². The molecule has 10 heteroatoms. The summed E-state index contributed by atoms with van der Waals surface area (Å²) in [4.78, 5) is 30.5. The van der Waals surface area contributed by atoms with Gasteiger partial charge in [-0.15, -0.1) is 0 Å². The van der Waals surface area contributed by atoms with Gasteiger partial charge in [0.25, 0.3) is 5.56 Å². The molecule has 1 amide bonds. The Labute approximate surface area is 200 Å². The summed E-state index contributed by atoms with van der Waals surface area (Å²) >= 11 is 1.14. The van der Waals surface area contributed by atoms with Crippen molar-refractivity contribution in [3.05, 3.63) is 88.2 Å². The molecule has 1 heterocycles. The second kappa shape index (κ2) is 9.41. The summed E-state index contributed by atoms with van der Waals surface area (Å²) in [7, 11) is -3.81. The molecule has 0 spiro atoms. The zero-order valence-corrected chi connectivity index (χ0v) is 20.1. The van der Waals surface area contributed by atoms with Gasteiger partial charge in [-0.1, -0.05) is 30.0 Å². The van der Waals surface area contributed by atoms with Crippen molar-refractivity contribution in [3.63, 3.8) is 0 Å². The van der Waals surface area contributed by atoms with Crippen molar-refractivity contribution in [1.29, 1.82) is 0 Å². The van der Waals surface area contributed by atoms with Crippen LogP contribution in [0.15, 0.2) is 81.6 Å². The molecule has 3 N–H and O–H groups in total. The second-order valence-electron chi connectivity index (χ2n) is 7.73. The van der Waals surface area contributed by atoms with Crippen LogP contribution in [0.4, 0.5) is 5.69 Å². The molecule has 0 aliphatic rings. The Morgan fingerprint density at radius 2 is 1.74 bits per heavy atom. The van der Waals surface area contributed by atoms with Gasteiger partial charge in [0.2, 0.25) is 15.9 Å². The van der Waals surface area contributed by atoms with E-state index in [1.165, 1.54) is 28.8 Å². The molecular formula is C24H22N4O4S2. The van der Waals surface area contributed by atoms with E-state index in [4.69, 9.17) is 5.14 Å².